The van der Waals surface area contributed by atoms with E-state index in [1.807, 2.05) is 30.0 Å². The number of hydrogen-bond acceptors (Lipinski definition) is 1. The average molecular weight is 398 g/mol. The Kier molecular flexibility index (Phi) is 5.26. The Morgan fingerprint density at radius 3 is 2.35 bits per heavy atom. The van der Waals surface area contributed by atoms with Gasteiger partial charge in [0.05, 0.1) is 10.0 Å². The first-order valence-electron chi connectivity index (χ1n) is 8.39. The first-order chi connectivity index (χ1) is 12.7. The first kappa shape index (κ1) is 17.5. The van der Waals surface area contributed by atoms with E-state index in [0.717, 1.165) is 12.3 Å². The SMILES string of the molecule is Clc1ccc(CSc2cn(Cc3ccccc3)c3ccccc23)cc1Cl. The molecule has 26 heavy (non-hydrogen) atoms. The van der Waals surface area contributed by atoms with Gasteiger partial charge in [0, 0.05) is 34.3 Å². The maximum atomic E-state index is 6.14. The topological polar surface area (TPSA) is 4.93 Å². The second-order valence-electron chi connectivity index (χ2n) is 6.16. The van der Waals surface area contributed by atoms with E-state index in [-0.39, 0.29) is 0 Å². The molecule has 0 spiro atoms. The Morgan fingerprint density at radius 2 is 1.54 bits per heavy atom. The standard InChI is InChI=1S/C22H17Cl2NS/c23-19-11-10-17(12-20(19)24)15-26-22-14-25(13-16-6-2-1-3-7-16)21-9-5-4-8-18(21)22/h1-12,14H,13,15H2. The maximum Gasteiger partial charge on any atom is 0.0595 e. The van der Waals surface area contributed by atoms with Crippen LogP contribution in [-0.2, 0) is 12.3 Å². The number of halogens is 2. The molecule has 0 radical (unpaired) electrons. The van der Waals surface area contributed by atoms with Gasteiger partial charge in [-0.15, -0.1) is 11.8 Å². The van der Waals surface area contributed by atoms with Gasteiger partial charge in [-0.3, -0.25) is 0 Å². The van der Waals surface area contributed by atoms with Crippen LogP contribution in [0.3, 0.4) is 0 Å². The van der Waals surface area contributed by atoms with Gasteiger partial charge in [-0.1, -0.05) is 77.8 Å². The largest absolute Gasteiger partial charge is 0.342 e. The van der Waals surface area contributed by atoms with Gasteiger partial charge in [0.25, 0.3) is 0 Å². The zero-order chi connectivity index (χ0) is 17.9. The molecule has 0 amide bonds. The molecular weight excluding hydrogens is 381 g/mol. The molecule has 0 aliphatic heterocycles. The molecule has 0 N–H and O–H groups in total. The molecule has 3 aromatic carbocycles. The van der Waals surface area contributed by atoms with Crippen LogP contribution in [0.15, 0.2) is 83.9 Å². The summed E-state index contributed by atoms with van der Waals surface area (Å²) in [4.78, 5) is 1.28. The molecule has 1 heterocycles. The highest BCUT2D eigenvalue weighted by molar-refractivity contribution is 7.98. The fourth-order valence-corrected chi connectivity index (χ4v) is 4.38. The second-order valence-corrected chi connectivity index (χ2v) is 7.99. The van der Waals surface area contributed by atoms with Gasteiger partial charge >= 0.3 is 0 Å². The van der Waals surface area contributed by atoms with Crippen LogP contribution in [-0.4, -0.2) is 4.57 Å². The molecule has 0 bridgehead atoms. The predicted molar refractivity (Wildman–Crippen MR) is 114 cm³/mol. The van der Waals surface area contributed by atoms with Crippen molar-refractivity contribution in [1.29, 1.82) is 0 Å². The van der Waals surface area contributed by atoms with Gasteiger partial charge < -0.3 is 4.57 Å². The van der Waals surface area contributed by atoms with Gasteiger partial charge in [-0.25, -0.2) is 0 Å². The van der Waals surface area contributed by atoms with Gasteiger partial charge in [-0.2, -0.15) is 0 Å². The van der Waals surface area contributed by atoms with Gasteiger partial charge in [-0.05, 0) is 29.3 Å². The van der Waals surface area contributed by atoms with E-state index in [1.54, 1.807) is 0 Å². The van der Waals surface area contributed by atoms with E-state index in [9.17, 15) is 0 Å². The zero-order valence-electron chi connectivity index (χ0n) is 14.0. The monoisotopic (exact) mass is 397 g/mol. The number of aromatic nitrogens is 1. The summed E-state index contributed by atoms with van der Waals surface area (Å²) in [6.45, 7) is 0.870. The molecule has 0 aliphatic carbocycles. The molecule has 0 saturated carbocycles. The predicted octanol–water partition coefficient (Wildman–Crippen LogP) is 7.29. The third kappa shape index (κ3) is 3.78. The number of rotatable bonds is 5. The smallest absolute Gasteiger partial charge is 0.0595 e. The summed E-state index contributed by atoms with van der Waals surface area (Å²) < 4.78 is 2.32. The average Bonchev–Trinajstić information content (AvgIpc) is 3.01. The van der Waals surface area contributed by atoms with E-state index in [0.29, 0.717) is 10.0 Å². The van der Waals surface area contributed by atoms with Crippen molar-refractivity contribution >= 4 is 45.9 Å². The van der Waals surface area contributed by atoms with Crippen molar-refractivity contribution < 1.29 is 0 Å². The van der Waals surface area contributed by atoms with Crippen molar-refractivity contribution in [3.63, 3.8) is 0 Å². The van der Waals surface area contributed by atoms with E-state index in [4.69, 9.17) is 23.2 Å². The minimum absolute atomic E-state index is 0.597. The Hall–Kier alpha value is -1.87. The molecule has 0 aliphatic rings. The third-order valence-electron chi connectivity index (χ3n) is 4.33. The quantitative estimate of drug-likeness (QED) is 0.320. The highest BCUT2D eigenvalue weighted by Crippen LogP contribution is 2.33. The molecule has 0 fully saturated rings. The Morgan fingerprint density at radius 1 is 0.769 bits per heavy atom. The van der Waals surface area contributed by atoms with Gasteiger partial charge in [0.15, 0.2) is 0 Å². The Balaban J connectivity index is 1.61. The lowest BCUT2D eigenvalue weighted by atomic mass is 10.2. The number of thioether (sulfide) groups is 1. The molecule has 0 atom stereocenters. The minimum Gasteiger partial charge on any atom is -0.342 e. The summed E-state index contributed by atoms with van der Waals surface area (Å²) in [6, 6.07) is 24.9. The summed E-state index contributed by atoms with van der Waals surface area (Å²) in [7, 11) is 0. The van der Waals surface area contributed by atoms with Crippen LogP contribution in [0.25, 0.3) is 10.9 Å². The van der Waals surface area contributed by atoms with Crippen molar-refractivity contribution in [2.75, 3.05) is 0 Å². The van der Waals surface area contributed by atoms with E-state index < -0.39 is 0 Å². The lowest BCUT2D eigenvalue weighted by Crippen LogP contribution is -1.97. The number of hydrogen-bond donors (Lipinski definition) is 0. The molecule has 4 rings (SSSR count). The molecule has 0 unspecified atom stereocenters. The molecule has 130 valence electrons. The second kappa shape index (κ2) is 7.79. The van der Waals surface area contributed by atoms with Gasteiger partial charge in [0.1, 0.15) is 0 Å². The van der Waals surface area contributed by atoms with Crippen LogP contribution in [0.5, 0.6) is 0 Å². The number of fused-ring (bicyclic) bond motifs is 1. The van der Waals surface area contributed by atoms with Crippen molar-refractivity contribution in [2.24, 2.45) is 0 Å². The van der Waals surface area contributed by atoms with Crippen molar-refractivity contribution in [2.45, 2.75) is 17.2 Å². The summed E-state index contributed by atoms with van der Waals surface area (Å²) in [6.07, 6.45) is 2.25. The van der Waals surface area contributed by atoms with Gasteiger partial charge in [0.2, 0.25) is 0 Å². The fourth-order valence-electron chi connectivity index (χ4n) is 3.03. The normalized spacial score (nSPS) is 11.2. The molecule has 4 heteroatoms. The molecular formula is C22H17Cl2NS. The van der Waals surface area contributed by atoms with E-state index in [1.165, 1.54) is 26.9 Å². The zero-order valence-corrected chi connectivity index (χ0v) is 16.4. The summed E-state index contributed by atoms with van der Waals surface area (Å²) in [5.74, 6) is 0.857. The molecule has 1 aromatic heterocycles. The van der Waals surface area contributed by atoms with Crippen LogP contribution in [0.4, 0.5) is 0 Å². The first-order valence-corrected chi connectivity index (χ1v) is 10.1. The molecule has 0 saturated heterocycles. The Labute approximate surface area is 167 Å². The van der Waals surface area contributed by atoms with E-state index in [2.05, 4.69) is 65.4 Å². The lowest BCUT2D eigenvalue weighted by molar-refractivity contribution is 0.830. The Bertz CT molecular complexity index is 1040. The van der Waals surface area contributed by atoms with Crippen molar-refractivity contribution in [3.05, 3.63) is 100 Å². The van der Waals surface area contributed by atoms with Crippen LogP contribution in [0.2, 0.25) is 10.0 Å². The number of nitrogens with zero attached hydrogens (tertiary/aromatic N) is 1. The lowest BCUT2D eigenvalue weighted by Gasteiger charge is -2.05. The van der Waals surface area contributed by atoms with Crippen LogP contribution >= 0.6 is 35.0 Å². The number of benzene rings is 3. The fraction of sp³-hybridized carbons (Fsp3) is 0.0909. The van der Waals surface area contributed by atoms with E-state index >= 15 is 0 Å². The summed E-state index contributed by atoms with van der Waals surface area (Å²) in [5.41, 5.74) is 3.73. The highest BCUT2D eigenvalue weighted by Gasteiger charge is 2.10. The number of para-hydroxylation sites is 1. The summed E-state index contributed by atoms with van der Waals surface area (Å²) in [5, 5.41) is 2.49. The molecule has 4 aromatic rings. The molecule has 1 nitrogen and oxygen atoms in total. The third-order valence-corrected chi connectivity index (χ3v) is 6.18. The van der Waals surface area contributed by atoms with Crippen molar-refractivity contribution in [1.82, 2.24) is 4.57 Å². The van der Waals surface area contributed by atoms with Crippen LogP contribution in [0, 0.1) is 0 Å². The summed E-state index contributed by atoms with van der Waals surface area (Å²) >= 11 is 14.0. The highest BCUT2D eigenvalue weighted by atomic mass is 35.5. The van der Waals surface area contributed by atoms with Crippen LogP contribution < -0.4 is 0 Å². The minimum atomic E-state index is 0.597. The van der Waals surface area contributed by atoms with Crippen LogP contribution in [0.1, 0.15) is 11.1 Å². The van der Waals surface area contributed by atoms with Crippen molar-refractivity contribution in [3.8, 4) is 0 Å². The maximum absolute atomic E-state index is 6.14.